The summed E-state index contributed by atoms with van der Waals surface area (Å²) in [6, 6.07) is 10.7. The zero-order chi connectivity index (χ0) is 12.1. The molecule has 0 heterocycles. The summed E-state index contributed by atoms with van der Waals surface area (Å²) in [7, 11) is 1.82. The van der Waals surface area contributed by atoms with E-state index in [1.807, 2.05) is 7.05 Å². The first-order valence-corrected chi connectivity index (χ1v) is 6.52. The van der Waals surface area contributed by atoms with Crippen molar-refractivity contribution >= 4 is 0 Å². The monoisotopic (exact) mass is 228 g/mol. The molecule has 90 valence electrons. The van der Waals surface area contributed by atoms with E-state index < -0.39 is 0 Å². The molecule has 1 aromatic rings. The Morgan fingerprint density at radius 3 is 2.35 bits per heavy atom. The molecule has 0 aliphatic heterocycles. The van der Waals surface area contributed by atoms with Crippen LogP contribution in [0.1, 0.15) is 55.2 Å². The second-order valence-electron chi connectivity index (χ2n) is 4.85. The van der Waals surface area contributed by atoms with Crippen LogP contribution in [0, 0.1) is 11.3 Å². The highest BCUT2D eigenvalue weighted by atomic mass is 14.9. The Kier molecular flexibility index (Phi) is 4.17. The van der Waals surface area contributed by atoms with Crippen LogP contribution in [0.25, 0.3) is 0 Å². The molecule has 0 radical (unpaired) electrons. The van der Waals surface area contributed by atoms with Gasteiger partial charge in [0.1, 0.15) is 6.04 Å². The molecule has 0 bridgehead atoms. The molecule has 1 saturated carbocycles. The molecule has 0 spiro atoms. The minimum atomic E-state index is -0.185. The predicted molar refractivity (Wildman–Crippen MR) is 69.7 cm³/mol. The molecule has 2 nitrogen and oxygen atoms in total. The Hall–Kier alpha value is -1.33. The van der Waals surface area contributed by atoms with Crippen molar-refractivity contribution in [2.24, 2.45) is 0 Å². The predicted octanol–water partition coefficient (Wildman–Crippen LogP) is 3.52. The fourth-order valence-corrected chi connectivity index (χ4v) is 2.70. The van der Waals surface area contributed by atoms with E-state index in [1.165, 1.54) is 37.7 Å². The first kappa shape index (κ1) is 12.1. The highest BCUT2D eigenvalue weighted by molar-refractivity contribution is 5.30. The van der Waals surface area contributed by atoms with Gasteiger partial charge in [-0.1, -0.05) is 43.5 Å². The average molecular weight is 228 g/mol. The van der Waals surface area contributed by atoms with Crippen molar-refractivity contribution in [3.05, 3.63) is 35.4 Å². The molecule has 1 aliphatic carbocycles. The summed E-state index contributed by atoms with van der Waals surface area (Å²) in [5.74, 6) is 0.743. The minimum Gasteiger partial charge on any atom is -0.301 e. The molecule has 2 rings (SSSR count). The minimum absolute atomic E-state index is 0.185. The van der Waals surface area contributed by atoms with Crippen LogP contribution in [0.15, 0.2) is 24.3 Å². The van der Waals surface area contributed by atoms with Gasteiger partial charge in [0.2, 0.25) is 0 Å². The molecule has 1 aliphatic rings. The number of benzene rings is 1. The molecule has 0 amide bonds. The van der Waals surface area contributed by atoms with Crippen LogP contribution >= 0.6 is 0 Å². The van der Waals surface area contributed by atoms with Gasteiger partial charge in [-0.15, -0.1) is 0 Å². The number of rotatable bonds is 3. The van der Waals surface area contributed by atoms with Gasteiger partial charge in [0, 0.05) is 0 Å². The van der Waals surface area contributed by atoms with Gasteiger partial charge in [0.05, 0.1) is 6.07 Å². The number of hydrogen-bond donors (Lipinski definition) is 1. The lowest BCUT2D eigenvalue weighted by molar-refractivity contribution is 0.443. The quantitative estimate of drug-likeness (QED) is 0.859. The molecule has 1 N–H and O–H groups in total. The average Bonchev–Trinajstić information content (AvgIpc) is 2.42. The van der Waals surface area contributed by atoms with E-state index in [0.717, 1.165) is 11.5 Å². The van der Waals surface area contributed by atoms with E-state index in [1.54, 1.807) is 0 Å². The Bertz CT molecular complexity index is 382. The maximum atomic E-state index is 8.98. The Labute approximate surface area is 104 Å². The molecule has 0 aromatic heterocycles. The van der Waals surface area contributed by atoms with Gasteiger partial charge in [0.25, 0.3) is 0 Å². The third-order valence-electron chi connectivity index (χ3n) is 3.76. The highest BCUT2D eigenvalue weighted by Gasteiger charge is 2.15. The number of nitrogens with one attached hydrogen (secondary N) is 1. The summed E-state index contributed by atoms with van der Waals surface area (Å²) in [6.07, 6.45) is 6.78. The van der Waals surface area contributed by atoms with Crippen LogP contribution in [-0.2, 0) is 0 Å². The van der Waals surface area contributed by atoms with Crippen molar-refractivity contribution in [3.63, 3.8) is 0 Å². The van der Waals surface area contributed by atoms with Crippen LogP contribution in [0.5, 0.6) is 0 Å². The number of nitriles is 1. The summed E-state index contributed by atoms with van der Waals surface area (Å²) in [6.45, 7) is 0. The van der Waals surface area contributed by atoms with E-state index in [4.69, 9.17) is 5.26 Å². The fourth-order valence-electron chi connectivity index (χ4n) is 2.70. The third-order valence-corrected chi connectivity index (χ3v) is 3.76. The molecule has 1 unspecified atom stereocenters. The van der Waals surface area contributed by atoms with Gasteiger partial charge in [-0.05, 0) is 36.9 Å². The van der Waals surface area contributed by atoms with Crippen molar-refractivity contribution in [1.29, 1.82) is 5.26 Å². The van der Waals surface area contributed by atoms with Gasteiger partial charge in [0.15, 0.2) is 0 Å². The second-order valence-corrected chi connectivity index (χ2v) is 4.85. The molecular formula is C15H20N2. The van der Waals surface area contributed by atoms with E-state index in [2.05, 4.69) is 35.7 Å². The fraction of sp³-hybridized carbons (Fsp3) is 0.533. The van der Waals surface area contributed by atoms with Gasteiger partial charge in [-0.2, -0.15) is 5.26 Å². The normalized spacial score (nSPS) is 18.6. The summed E-state index contributed by atoms with van der Waals surface area (Å²) in [5, 5.41) is 12.0. The molecule has 0 saturated heterocycles. The van der Waals surface area contributed by atoms with Crippen molar-refractivity contribution in [2.45, 2.75) is 44.1 Å². The van der Waals surface area contributed by atoms with E-state index >= 15 is 0 Å². The van der Waals surface area contributed by atoms with Gasteiger partial charge < -0.3 is 5.32 Å². The maximum Gasteiger partial charge on any atom is 0.121 e. The van der Waals surface area contributed by atoms with Gasteiger partial charge in [-0.3, -0.25) is 0 Å². The van der Waals surface area contributed by atoms with Crippen LogP contribution in [0.3, 0.4) is 0 Å². The molecular weight excluding hydrogens is 208 g/mol. The summed E-state index contributed by atoms with van der Waals surface area (Å²) >= 11 is 0. The summed E-state index contributed by atoms with van der Waals surface area (Å²) < 4.78 is 0. The van der Waals surface area contributed by atoms with E-state index in [9.17, 15) is 0 Å². The highest BCUT2D eigenvalue weighted by Crippen LogP contribution is 2.32. The van der Waals surface area contributed by atoms with Gasteiger partial charge >= 0.3 is 0 Å². The topological polar surface area (TPSA) is 35.8 Å². The lowest BCUT2D eigenvalue weighted by atomic mass is 9.84. The van der Waals surface area contributed by atoms with Crippen LogP contribution < -0.4 is 5.32 Å². The van der Waals surface area contributed by atoms with Crippen LogP contribution in [0.2, 0.25) is 0 Å². The Morgan fingerprint density at radius 1 is 1.18 bits per heavy atom. The zero-order valence-electron chi connectivity index (χ0n) is 10.4. The first-order chi connectivity index (χ1) is 8.35. The van der Waals surface area contributed by atoms with Crippen molar-refractivity contribution in [1.82, 2.24) is 5.32 Å². The smallest absolute Gasteiger partial charge is 0.121 e. The summed E-state index contributed by atoms with van der Waals surface area (Å²) in [4.78, 5) is 0. The lowest BCUT2D eigenvalue weighted by Crippen LogP contribution is -2.14. The standard InChI is InChI=1S/C15H20N2/c1-17-15(11-16)14-9-7-13(8-10-14)12-5-3-2-4-6-12/h7-10,12,15,17H,2-6H2,1H3. The largest absolute Gasteiger partial charge is 0.301 e. The van der Waals surface area contributed by atoms with Crippen molar-refractivity contribution < 1.29 is 0 Å². The molecule has 1 fully saturated rings. The van der Waals surface area contributed by atoms with Gasteiger partial charge in [-0.25, -0.2) is 0 Å². The Balaban J connectivity index is 2.09. The Morgan fingerprint density at radius 2 is 1.82 bits per heavy atom. The molecule has 17 heavy (non-hydrogen) atoms. The van der Waals surface area contributed by atoms with E-state index in [-0.39, 0.29) is 6.04 Å². The van der Waals surface area contributed by atoms with Crippen molar-refractivity contribution in [2.75, 3.05) is 7.05 Å². The summed E-state index contributed by atoms with van der Waals surface area (Å²) in [5.41, 5.74) is 2.51. The maximum absolute atomic E-state index is 8.98. The lowest BCUT2D eigenvalue weighted by Gasteiger charge is -2.22. The van der Waals surface area contributed by atoms with Crippen LogP contribution in [-0.4, -0.2) is 7.05 Å². The number of hydrogen-bond acceptors (Lipinski definition) is 2. The molecule has 1 atom stereocenters. The third kappa shape index (κ3) is 2.87. The first-order valence-electron chi connectivity index (χ1n) is 6.52. The van der Waals surface area contributed by atoms with Crippen LogP contribution in [0.4, 0.5) is 0 Å². The van der Waals surface area contributed by atoms with Crippen molar-refractivity contribution in [3.8, 4) is 6.07 Å². The van der Waals surface area contributed by atoms with E-state index in [0.29, 0.717) is 0 Å². The zero-order valence-corrected chi connectivity index (χ0v) is 10.4. The SMILES string of the molecule is CNC(C#N)c1ccc(C2CCCCC2)cc1. The second kappa shape index (κ2) is 5.84. The number of nitrogens with zero attached hydrogens (tertiary/aromatic N) is 1. The molecule has 2 heteroatoms. The molecule has 1 aromatic carbocycles.